The predicted octanol–water partition coefficient (Wildman–Crippen LogP) is 4.62. The standard InChI is InChI=1S/C18H19ClN2O/c1-12(2)14-8-10-15(11-9-14)18(22)21-20-13(3)16-6-4-5-7-17(16)19/h4-12H,1-3H3,(H,21,22)/b20-13+. The first-order valence-corrected chi connectivity index (χ1v) is 7.56. The molecule has 0 aromatic heterocycles. The number of carbonyl (C=O) groups excluding carboxylic acids is 1. The molecule has 0 aliphatic heterocycles. The second-order valence-electron chi connectivity index (χ2n) is 5.39. The number of carbonyl (C=O) groups is 1. The third-order valence-corrected chi connectivity index (χ3v) is 3.76. The van der Waals surface area contributed by atoms with Gasteiger partial charge >= 0.3 is 0 Å². The number of halogens is 1. The molecule has 0 unspecified atom stereocenters. The zero-order valence-corrected chi connectivity index (χ0v) is 13.7. The molecule has 0 heterocycles. The molecule has 2 rings (SSSR count). The van der Waals surface area contributed by atoms with Crippen molar-refractivity contribution in [2.75, 3.05) is 0 Å². The van der Waals surface area contributed by atoms with E-state index in [4.69, 9.17) is 11.6 Å². The van der Waals surface area contributed by atoms with Gasteiger partial charge in [-0.3, -0.25) is 4.79 Å². The third kappa shape index (κ3) is 3.95. The van der Waals surface area contributed by atoms with Gasteiger partial charge in [-0.15, -0.1) is 0 Å². The molecule has 0 aliphatic carbocycles. The number of nitrogens with one attached hydrogen (secondary N) is 1. The summed E-state index contributed by atoms with van der Waals surface area (Å²) >= 11 is 6.10. The minimum atomic E-state index is -0.235. The predicted molar refractivity (Wildman–Crippen MR) is 91.7 cm³/mol. The smallest absolute Gasteiger partial charge is 0.267 e. The van der Waals surface area contributed by atoms with E-state index in [1.165, 1.54) is 5.56 Å². The van der Waals surface area contributed by atoms with Crippen LogP contribution in [0.1, 0.15) is 48.2 Å². The van der Waals surface area contributed by atoms with Crippen LogP contribution < -0.4 is 5.43 Å². The molecule has 4 heteroatoms. The number of benzene rings is 2. The van der Waals surface area contributed by atoms with Crippen LogP contribution in [0.15, 0.2) is 53.6 Å². The molecule has 0 atom stereocenters. The van der Waals surface area contributed by atoms with Crippen molar-refractivity contribution in [3.63, 3.8) is 0 Å². The molecule has 0 saturated heterocycles. The van der Waals surface area contributed by atoms with Crippen molar-refractivity contribution in [1.29, 1.82) is 0 Å². The molecule has 0 radical (unpaired) electrons. The fourth-order valence-electron chi connectivity index (χ4n) is 2.03. The van der Waals surface area contributed by atoms with Gasteiger partial charge in [-0.25, -0.2) is 5.43 Å². The second-order valence-corrected chi connectivity index (χ2v) is 5.80. The Morgan fingerprint density at radius 3 is 2.32 bits per heavy atom. The Kier molecular flexibility index (Phi) is 5.34. The molecule has 0 fully saturated rings. The van der Waals surface area contributed by atoms with Gasteiger partial charge in [-0.05, 0) is 36.6 Å². The van der Waals surface area contributed by atoms with Crippen LogP contribution in [0.5, 0.6) is 0 Å². The quantitative estimate of drug-likeness (QED) is 0.649. The molecule has 22 heavy (non-hydrogen) atoms. The molecular formula is C18H19ClN2O. The van der Waals surface area contributed by atoms with E-state index in [9.17, 15) is 4.79 Å². The van der Waals surface area contributed by atoms with Crippen molar-refractivity contribution >= 4 is 23.2 Å². The normalized spacial score (nSPS) is 11.6. The van der Waals surface area contributed by atoms with Crippen molar-refractivity contribution in [3.05, 3.63) is 70.2 Å². The number of amides is 1. The maximum Gasteiger partial charge on any atom is 0.271 e. The fourth-order valence-corrected chi connectivity index (χ4v) is 2.31. The average molecular weight is 315 g/mol. The van der Waals surface area contributed by atoms with Crippen molar-refractivity contribution < 1.29 is 4.79 Å². The van der Waals surface area contributed by atoms with E-state index in [0.29, 0.717) is 22.2 Å². The van der Waals surface area contributed by atoms with Gasteiger partial charge < -0.3 is 0 Å². The summed E-state index contributed by atoms with van der Waals surface area (Å²) in [5.74, 6) is 0.208. The maximum atomic E-state index is 12.1. The van der Waals surface area contributed by atoms with E-state index in [1.54, 1.807) is 6.07 Å². The molecule has 114 valence electrons. The lowest BCUT2D eigenvalue weighted by atomic mass is 10.0. The SMILES string of the molecule is C/C(=N\NC(=O)c1ccc(C(C)C)cc1)c1ccccc1Cl. The highest BCUT2D eigenvalue weighted by Gasteiger charge is 2.07. The molecule has 2 aromatic rings. The highest BCUT2D eigenvalue weighted by atomic mass is 35.5. The molecule has 0 bridgehead atoms. The van der Waals surface area contributed by atoms with Gasteiger partial charge in [-0.1, -0.05) is 55.8 Å². The summed E-state index contributed by atoms with van der Waals surface area (Å²) in [4.78, 5) is 12.1. The number of nitrogens with zero attached hydrogens (tertiary/aromatic N) is 1. The van der Waals surface area contributed by atoms with Gasteiger partial charge in [0.25, 0.3) is 5.91 Å². The van der Waals surface area contributed by atoms with Crippen LogP contribution in [-0.4, -0.2) is 11.6 Å². The van der Waals surface area contributed by atoms with Crippen LogP contribution in [0.4, 0.5) is 0 Å². The first kappa shape index (κ1) is 16.2. The summed E-state index contributed by atoms with van der Waals surface area (Å²) in [6.45, 7) is 6.04. The van der Waals surface area contributed by atoms with Gasteiger partial charge in [0.15, 0.2) is 0 Å². The molecule has 0 saturated carbocycles. The highest BCUT2D eigenvalue weighted by molar-refractivity contribution is 6.34. The lowest BCUT2D eigenvalue weighted by molar-refractivity contribution is 0.0955. The maximum absolute atomic E-state index is 12.1. The van der Waals surface area contributed by atoms with Crippen LogP contribution in [0, 0.1) is 0 Å². The summed E-state index contributed by atoms with van der Waals surface area (Å²) in [6, 6.07) is 14.9. The summed E-state index contributed by atoms with van der Waals surface area (Å²) < 4.78 is 0. The van der Waals surface area contributed by atoms with Gasteiger partial charge in [0.2, 0.25) is 0 Å². The van der Waals surface area contributed by atoms with Gasteiger partial charge in [0, 0.05) is 16.1 Å². The Morgan fingerprint density at radius 2 is 1.73 bits per heavy atom. The Morgan fingerprint density at radius 1 is 1.09 bits per heavy atom. The largest absolute Gasteiger partial charge is 0.271 e. The molecule has 3 nitrogen and oxygen atoms in total. The minimum Gasteiger partial charge on any atom is -0.267 e. The van der Waals surface area contributed by atoms with Crippen molar-refractivity contribution in [2.45, 2.75) is 26.7 Å². The number of hydrazone groups is 1. The Balaban J connectivity index is 2.09. The number of rotatable bonds is 4. The van der Waals surface area contributed by atoms with Gasteiger partial charge in [0.05, 0.1) is 5.71 Å². The van der Waals surface area contributed by atoms with E-state index >= 15 is 0 Å². The van der Waals surface area contributed by atoms with E-state index in [2.05, 4.69) is 24.4 Å². The van der Waals surface area contributed by atoms with Crippen molar-refractivity contribution in [1.82, 2.24) is 5.43 Å². The van der Waals surface area contributed by atoms with E-state index in [0.717, 1.165) is 5.56 Å². The fraction of sp³-hybridized carbons (Fsp3) is 0.222. The minimum absolute atomic E-state index is 0.235. The van der Waals surface area contributed by atoms with Gasteiger partial charge in [-0.2, -0.15) is 5.10 Å². The van der Waals surface area contributed by atoms with Crippen LogP contribution in [-0.2, 0) is 0 Å². The van der Waals surface area contributed by atoms with Crippen molar-refractivity contribution in [2.24, 2.45) is 5.10 Å². The first-order chi connectivity index (χ1) is 10.5. The summed E-state index contributed by atoms with van der Waals surface area (Å²) in [5.41, 5.74) is 5.82. The zero-order chi connectivity index (χ0) is 16.1. The highest BCUT2D eigenvalue weighted by Crippen LogP contribution is 2.16. The van der Waals surface area contributed by atoms with Crippen LogP contribution in [0.2, 0.25) is 5.02 Å². The first-order valence-electron chi connectivity index (χ1n) is 7.18. The zero-order valence-electron chi connectivity index (χ0n) is 12.9. The van der Waals surface area contributed by atoms with E-state index in [-0.39, 0.29) is 5.91 Å². The Bertz CT molecular complexity index is 690. The third-order valence-electron chi connectivity index (χ3n) is 3.43. The number of hydrogen-bond donors (Lipinski definition) is 1. The molecule has 0 aliphatic rings. The summed E-state index contributed by atoms with van der Waals surface area (Å²) in [5, 5.41) is 4.73. The molecule has 0 spiro atoms. The Hall–Kier alpha value is -2.13. The van der Waals surface area contributed by atoms with E-state index in [1.807, 2.05) is 49.4 Å². The van der Waals surface area contributed by atoms with E-state index < -0.39 is 0 Å². The second kappa shape index (κ2) is 7.23. The molecule has 1 N–H and O–H groups in total. The van der Waals surface area contributed by atoms with Crippen molar-refractivity contribution in [3.8, 4) is 0 Å². The molecular weight excluding hydrogens is 296 g/mol. The van der Waals surface area contributed by atoms with Crippen LogP contribution >= 0.6 is 11.6 Å². The number of hydrogen-bond acceptors (Lipinski definition) is 2. The summed E-state index contributed by atoms with van der Waals surface area (Å²) in [7, 11) is 0. The van der Waals surface area contributed by atoms with Crippen LogP contribution in [0.3, 0.4) is 0 Å². The summed E-state index contributed by atoms with van der Waals surface area (Å²) in [6.07, 6.45) is 0. The van der Waals surface area contributed by atoms with Gasteiger partial charge in [0.1, 0.15) is 0 Å². The Labute approximate surface area is 136 Å². The molecule has 2 aromatic carbocycles. The monoisotopic (exact) mass is 314 g/mol. The molecule has 1 amide bonds. The lowest BCUT2D eigenvalue weighted by Gasteiger charge is -2.07. The average Bonchev–Trinajstić information content (AvgIpc) is 2.52. The van der Waals surface area contributed by atoms with Crippen LogP contribution in [0.25, 0.3) is 0 Å². The lowest BCUT2D eigenvalue weighted by Crippen LogP contribution is -2.19. The topological polar surface area (TPSA) is 41.5 Å².